The SMILES string of the molecule is CN(C1CC1)C(CN)c1cccc2c1OC(C)(C)C2. The van der Waals surface area contributed by atoms with Gasteiger partial charge in [0.05, 0.1) is 6.04 Å². The minimum Gasteiger partial charge on any atom is -0.487 e. The summed E-state index contributed by atoms with van der Waals surface area (Å²) in [4.78, 5) is 2.42. The van der Waals surface area contributed by atoms with Crippen LogP contribution in [0.1, 0.15) is 43.9 Å². The summed E-state index contributed by atoms with van der Waals surface area (Å²) in [5, 5.41) is 0. The minimum atomic E-state index is -0.0876. The summed E-state index contributed by atoms with van der Waals surface area (Å²) in [5.74, 6) is 1.08. The first-order chi connectivity index (χ1) is 9.02. The molecule has 3 nitrogen and oxygen atoms in total. The second-order valence-corrected chi connectivity index (χ2v) is 6.52. The Hall–Kier alpha value is -1.06. The second-order valence-electron chi connectivity index (χ2n) is 6.52. The van der Waals surface area contributed by atoms with Gasteiger partial charge in [-0.05, 0) is 39.3 Å². The van der Waals surface area contributed by atoms with E-state index in [9.17, 15) is 0 Å². The average molecular weight is 260 g/mol. The van der Waals surface area contributed by atoms with Gasteiger partial charge in [-0.25, -0.2) is 0 Å². The molecule has 0 amide bonds. The number of benzene rings is 1. The number of rotatable bonds is 4. The standard InChI is InChI=1S/C16H24N2O/c1-16(2)9-11-5-4-6-13(15(11)19-16)14(10-17)18(3)12-7-8-12/h4-6,12,14H,7-10,17H2,1-3H3. The van der Waals surface area contributed by atoms with Gasteiger partial charge in [-0.2, -0.15) is 0 Å². The molecule has 19 heavy (non-hydrogen) atoms. The fourth-order valence-electron chi connectivity index (χ4n) is 3.15. The maximum Gasteiger partial charge on any atom is 0.128 e. The van der Waals surface area contributed by atoms with E-state index < -0.39 is 0 Å². The molecule has 2 aliphatic rings. The third-order valence-corrected chi connectivity index (χ3v) is 4.32. The van der Waals surface area contributed by atoms with Crippen molar-refractivity contribution in [2.45, 2.75) is 50.8 Å². The lowest BCUT2D eigenvalue weighted by Gasteiger charge is -2.29. The Labute approximate surface area is 115 Å². The Morgan fingerprint density at radius 1 is 1.42 bits per heavy atom. The molecule has 1 unspecified atom stereocenters. The van der Waals surface area contributed by atoms with Crippen molar-refractivity contribution in [2.24, 2.45) is 5.73 Å². The van der Waals surface area contributed by atoms with Gasteiger partial charge in [-0.3, -0.25) is 4.90 Å². The largest absolute Gasteiger partial charge is 0.487 e. The monoisotopic (exact) mass is 260 g/mol. The van der Waals surface area contributed by atoms with Crippen molar-refractivity contribution in [3.63, 3.8) is 0 Å². The van der Waals surface area contributed by atoms with Crippen molar-refractivity contribution in [3.05, 3.63) is 29.3 Å². The zero-order valence-corrected chi connectivity index (χ0v) is 12.1. The van der Waals surface area contributed by atoms with Crippen LogP contribution < -0.4 is 10.5 Å². The zero-order valence-electron chi connectivity index (χ0n) is 12.1. The van der Waals surface area contributed by atoms with E-state index in [-0.39, 0.29) is 11.6 Å². The number of ether oxygens (including phenoxy) is 1. The van der Waals surface area contributed by atoms with Crippen LogP contribution in [0.2, 0.25) is 0 Å². The van der Waals surface area contributed by atoms with E-state index in [1.165, 1.54) is 24.0 Å². The van der Waals surface area contributed by atoms with E-state index in [0.29, 0.717) is 12.6 Å². The Kier molecular flexibility index (Phi) is 3.06. The zero-order chi connectivity index (χ0) is 13.6. The molecule has 0 radical (unpaired) electrons. The number of fused-ring (bicyclic) bond motifs is 1. The summed E-state index contributed by atoms with van der Waals surface area (Å²) in [6, 6.07) is 7.48. The maximum absolute atomic E-state index is 6.18. The normalized spacial score (nSPS) is 22.2. The van der Waals surface area contributed by atoms with Gasteiger partial charge < -0.3 is 10.5 Å². The molecule has 1 heterocycles. The van der Waals surface area contributed by atoms with Crippen LogP contribution in [0.3, 0.4) is 0 Å². The quantitative estimate of drug-likeness (QED) is 0.904. The third kappa shape index (κ3) is 2.37. The van der Waals surface area contributed by atoms with Crippen molar-refractivity contribution in [3.8, 4) is 5.75 Å². The van der Waals surface area contributed by atoms with E-state index in [0.717, 1.165) is 12.2 Å². The highest BCUT2D eigenvalue weighted by atomic mass is 16.5. The molecule has 3 rings (SSSR count). The molecule has 1 aliphatic heterocycles. The molecule has 1 aliphatic carbocycles. The Morgan fingerprint density at radius 2 is 2.16 bits per heavy atom. The summed E-state index contributed by atoms with van der Waals surface area (Å²) < 4.78 is 6.18. The smallest absolute Gasteiger partial charge is 0.128 e. The van der Waals surface area contributed by atoms with Gasteiger partial charge >= 0.3 is 0 Å². The van der Waals surface area contributed by atoms with Crippen molar-refractivity contribution >= 4 is 0 Å². The number of likely N-dealkylation sites (N-methyl/N-ethyl adjacent to an activating group) is 1. The summed E-state index contributed by atoms with van der Waals surface area (Å²) in [5.41, 5.74) is 8.54. The lowest BCUT2D eigenvalue weighted by molar-refractivity contribution is 0.133. The van der Waals surface area contributed by atoms with Crippen LogP contribution in [-0.4, -0.2) is 30.1 Å². The molecule has 3 heteroatoms. The summed E-state index contributed by atoms with van der Waals surface area (Å²) >= 11 is 0. The van der Waals surface area contributed by atoms with Crippen molar-refractivity contribution < 1.29 is 4.74 Å². The molecule has 1 aromatic rings. The van der Waals surface area contributed by atoms with Gasteiger partial charge in [0, 0.05) is 24.6 Å². The van der Waals surface area contributed by atoms with Crippen LogP contribution in [-0.2, 0) is 6.42 Å². The van der Waals surface area contributed by atoms with E-state index in [4.69, 9.17) is 10.5 Å². The molecule has 104 valence electrons. The summed E-state index contributed by atoms with van der Waals surface area (Å²) in [6.45, 7) is 4.95. The first-order valence-corrected chi connectivity index (χ1v) is 7.24. The highest BCUT2D eigenvalue weighted by molar-refractivity contribution is 5.47. The number of nitrogens with zero attached hydrogens (tertiary/aromatic N) is 1. The first kappa shape index (κ1) is 12.9. The molecule has 1 fully saturated rings. The predicted octanol–water partition coefficient (Wildman–Crippen LogP) is 2.49. The molecule has 0 spiro atoms. The van der Waals surface area contributed by atoms with Gasteiger partial charge in [0.2, 0.25) is 0 Å². The van der Waals surface area contributed by atoms with E-state index in [1.54, 1.807) is 0 Å². The highest BCUT2D eigenvalue weighted by Gasteiger charge is 2.36. The maximum atomic E-state index is 6.18. The van der Waals surface area contributed by atoms with Crippen LogP contribution in [0, 0.1) is 0 Å². The van der Waals surface area contributed by atoms with E-state index in [2.05, 4.69) is 44.0 Å². The number of hydrogen-bond donors (Lipinski definition) is 1. The number of hydrogen-bond acceptors (Lipinski definition) is 3. The summed E-state index contributed by atoms with van der Waals surface area (Å²) in [7, 11) is 2.19. The van der Waals surface area contributed by atoms with Gasteiger partial charge in [0.1, 0.15) is 11.4 Å². The molecule has 1 saturated carbocycles. The van der Waals surface area contributed by atoms with E-state index in [1.807, 2.05) is 0 Å². The van der Waals surface area contributed by atoms with Crippen LogP contribution in [0.25, 0.3) is 0 Å². The molecule has 0 aromatic heterocycles. The molecular weight excluding hydrogens is 236 g/mol. The number of nitrogens with two attached hydrogens (primary N) is 1. The van der Waals surface area contributed by atoms with Crippen LogP contribution in [0.5, 0.6) is 5.75 Å². The fraction of sp³-hybridized carbons (Fsp3) is 0.625. The fourth-order valence-corrected chi connectivity index (χ4v) is 3.15. The average Bonchev–Trinajstić information content (AvgIpc) is 3.13. The highest BCUT2D eigenvalue weighted by Crippen LogP contribution is 2.42. The Balaban J connectivity index is 1.95. The number of para-hydroxylation sites is 1. The molecule has 0 saturated heterocycles. The van der Waals surface area contributed by atoms with Gasteiger partial charge in [-0.15, -0.1) is 0 Å². The van der Waals surface area contributed by atoms with Crippen LogP contribution in [0.15, 0.2) is 18.2 Å². The van der Waals surface area contributed by atoms with Gasteiger partial charge in [0.25, 0.3) is 0 Å². The van der Waals surface area contributed by atoms with Gasteiger partial charge in [-0.1, -0.05) is 18.2 Å². The van der Waals surface area contributed by atoms with Crippen molar-refractivity contribution in [1.82, 2.24) is 4.90 Å². The molecule has 2 N–H and O–H groups in total. The van der Waals surface area contributed by atoms with Crippen molar-refractivity contribution in [2.75, 3.05) is 13.6 Å². The van der Waals surface area contributed by atoms with E-state index >= 15 is 0 Å². The summed E-state index contributed by atoms with van der Waals surface area (Å²) in [6.07, 6.45) is 3.59. The Morgan fingerprint density at radius 3 is 2.79 bits per heavy atom. The topological polar surface area (TPSA) is 38.5 Å². The molecule has 1 aromatic carbocycles. The molecule has 1 atom stereocenters. The minimum absolute atomic E-state index is 0.0876. The third-order valence-electron chi connectivity index (χ3n) is 4.32. The predicted molar refractivity (Wildman–Crippen MR) is 77.4 cm³/mol. The molecule has 0 bridgehead atoms. The Bertz CT molecular complexity index is 480. The lowest BCUT2D eigenvalue weighted by Crippen LogP contribution is -2.32. The second kappa shape index (κ2) is 4.50. The lowest BCUT2D eigenvalue weighted by atomic mass is 9.97. The molecular formula is C16H24N2O. The van der Waals surface area contributed by atoms with Crippen LogP contribution >= 0.6 is 0 Å². The van der Waals surface area contributed by atoms with Crippen molar-refractivity contribution in [1.29, 1.82) is 0 Å². The first-order valence-electron chi connectivity index (χ1n) is 7.24. The van der Waals surface area contributed by atoms with Crippen LogP contribution in [0.4, 0.5) is 0 Å². The van der Waals surface area contributed by atoms with Gasteiger partial charge in [0.15, 0.2) is 0 Å².